The highest BCUT2D eigenvalue weighted by molar-refractivity contribution is 6.30. The second-order valence-electron chi connectivity index (χ2n) is 5.82. The molecular weight excluding hydrogens is 379 g/mol. The molecule has 2 aromatic carbocycles. The Labute approximate surface area is 158 Å². The third-order valence-corrected chi connectivity index (χ3v) is 3.88. The molecule has 0 saturated carbocycles. The Bertz CT molecular complexity index is 946. The van der Waals surface area contributed by atoms with Crippen molar-refractivity contribution < 1.29 is 13.2 Å². The lowest BCUT2D eigenvalue weighted by Crippen LogP contribution is -2.10. The summed E-state index contributed by atoms with van der Waals surface area (Å²) >= 11 is 5.69. The highest BCUT2D eigenvalue weighted by Crippen LogP contribution is 2.37. The van der Waals surface area contributed by atoms with E-state index in [-0.39, 0.29) is 22.5 Å². The number of hydrogen-bond acceptors (Lipinski definition) is 5. The van der Waals surface area contributed by atoms with Crippen molar-refractivity contribution in [2.45, 2.75) is 19.6 Å². The van der Waals surface area contributed by atoms with Crippen molar-refractivity contribution in [2.75, 3.05) is 10.6 Å². The van der Waals surface area contributed by atoms with Crippen LogP contribution in [-0.2, 0) is 12.7 Å². The van der Waals surface area contributed by atoms with Crippen LogP contribution in [0.3, 0.4) is 0 Å². The predicted molar refractivity (Wildman–Crippen MR) is 98.1 cm³/mol. The van der Waals surface area contributed by atoms with Gasteiger partial charge in [-0.3, -0.25) is 0 Å². The number of rotatable bonds is 5. The molecule has 3 rings (SSSR count). The van der Waals surface area contributed by atoms with Gasteiger partial charge in [0.25, 0.3) is 0 Å². The van der Waals surface area contributed by atoms with Crippen LogP contribution in [0.1, 0.15) is 16.7 Å². The van der Waals surface area contributed by atoms with Gasteiger partial charge < -0.3 is 10.6 Å². The second-order valence-corrected chi connectivity index (χ2v) is 6.26. The second kappa shape index (κ2) is 7.79. The van der Waals surface area contributed by atoms with E-state index in [0.29, 0.717) is 6.54 Å². The van der Waals surface area contributed by atoms with E-state index in [1.54, 1.807) is 0 Å². The predicted octanol–water partition coefficient (Wildman–Crippen LogP) is 5.21. The average molecular weight is 394 g/mol. The molecule has 5 nitrogen and oxygen atoms in total. The molecule has 0 saturated heterocycles. The molecule has 0 aliphatic rings. The van der Waals surface area contributed by atoms with E-state index in [9.17, 15) is 13.2 Å². The summed E-state index contributed by atoms with van der Waals surface area (Å²) in [6, 6.07) is 11.3. The summed E-state index contributed by atoms with van der Waals surface area (Å²) in [6.07, 6.45) is -3.31. The minimum Gasteiger partial charge on any atom is -0.349 e. The van der Waals surface area contributed by atoms with Gasteiger partial charge in [0, 0.05) is 11.6 Å². The van der Waals surface area contributed by atoms with Crippen LogP contribution in [0.4, 0.5) is 30.6 Å². The fourth-order valence-electron chi connectivity index (χ4n) is 2.44. The van der Waals surface area contributed by atoms with Crippen LogP contribution >= 0.6 is 11.6 Å². The van der Waals surface area contributed by atoms with Crippen molar-refractivity contribution >= 4 is 29.1 Å². The third-order valence-electron chi connectivity index (χ3n) is 3.64. The number of nitrogens with one attached hydrogen (secondary N) is 2. The Hall–Kier alpha value is -2.87. The van der Waals surface area contributed by atoms with Gasteiger partial charge in [0.15, 0.2) is 5.82 Å². The standard InChI is InChI=1S/C18H15ClF3N5/c1-11-3-2-4-12(7-11)9-23-17-26-16(10-24-27-17)25-15-6-5-13(19)8-14(15)18(20,21)22/h2-8,10H,9H2,1H3,(H2,23,25,26,27). The summed E-state index contributed by atoms with van der Waals surface area (Å²) in [5, 5.41) is 13.2. The number of halogens is 4. The lowest BCUT2D eigenvalue weighted by atomic mass is 10.1. The summed E-state index contributed by atoms with van der Waals surface area (Å²) in [4.78, 5) is 4.15. The monoisotopic (exact) mass is 393 g/mol. The van der Waals surface area contributed by atoms with Gasteiger partial charge in [-0.05, 0) is 30.7 Å². The number of hydrogen-bond donors (Lipinski definition) is 2. The molecule has 3 aromatic rings. The number of alkyl halides is 3. The lowest BCUT2D eigenvalue weighted by Gasteiger charge is -2.14. The van der Waals surface area contributed by atoms with E-state index in [0.717, 1.165) is 17.2 Å². The van der Waals surface area contributed by atoms with Gasteiger partial charge in [0.2, 0.25) is 5.95 Å². The Morgan fingerprint density at radius 2 is 1.93 bits per heavy atom. The van der Waals surface area contributed by atoms with Crippen molar-refractivity contribution in [3.05, 3.63) is 70.4 Å². The number of nitrogens with zero attached hydrogens (tertiary/aromatic N) is 3. The minimum atomic E-state index is -4.56. The number of aryl methyl sites for hydroxylation is 1. The van der Waals surface area contributed by atoms with Crippen LogP contribution in [0.5, 0.6) is 0 Å². The van der Waals surface area contributed by atoms with Crippen LogP contribution in [0.25, 0.3) is 0 Å². The van der Waals surface area contributed by atoms with E-state index in [4.69, 9.17) is 11.6 Å². The van der Waals surface area contributed by atoms with Crippen molar-refractivity contribution in [3.63, 3.8) is 0 Å². The Kier molecular flexibility index (Phi) is 5.46. The normalized spacial score (nSPS) is 11.3. The molecule has 0 radical (unpaired) electrons. The lowest BCUT2D eigenvalue weighted by molar-refractivity contribution is -0.136. The molecule has 2 N–H and O–H groups in total. The maximum atomic E-state index is 13.2. The summed E-state index contributed by atoms with van der Waals surface area (Å²) in [7, 11) is 0. The third kappa shape index (κ3) is 5.07. The zero-order valence-corrected chi connectivity index (χ0v) is 14.9. The number of aromatic nitrogens is 3. The van der Waals surface area contributed by atoms with Crippen molar-refractivity contribution in [2.24, 2.45) is 0 Å². The highest BCUT2D eigenvalue weighted by Gasteiger charge is 2.34. The maximum absolute atomic E-state index is 13.2. The van der Waals surface area contributed by atoms with Crippen LogP contribution in [0, 0.1) is 6.92 Å². The maximum Gasteiger partial charge on any atom is 0.418 e. The first-order valence-corrected chi connectivity index (χ1v) is 8.32. The molecule has 1 heterocycles. The molecular formula is C18H15ClF3N5. The molecule has 0 amide bonds. The molecule has 140 valence electrons. The van der Waals surface area contributed by atoms with Gasteiger partial charge in [-0.15, -0.1) is 5.10 Å². The van der Waals surface area contributed by atoms with Crippen molar-refractivity contribution in [1.82, 2.24) is 15.2 Å². The molecule has 0 atom stereocenters. The first-order chi connectivity index (χ1) is 12.8. The smallest absolute Gasteiger partial charge is 0.349 e. The van der Waals surface area contributed by atoms with E-state index in [1.807, 2.05) is 31.2 Å². The molecule has 0 aliphatic heterocycles. The molecule has 9 heteroatoms. The van der Waals surface area contributed by atoms with Crippen LogP contribution in [0.2, 0.25) is 5.02 Å². The van der Waals surface area contributed by atoms with Gasteiger partial charge in [-0.2, -0.15) is 23.3 Å². The fourth-order valence-corrected chi connectivity index (χ4v) is 2.61. The SMILES string of the molecule is Cc1cccc(CNc2nncc(Nc3ccc(Cl)cc3C(F)(F)F)n2)c1. The van der Waals surface area contributed by atoms with Gasteiger partial charge in [0.1, 0.15) is 0 Å². The summed E-state index contributed by atoms with van der Waals surface area (Å²) in [5.74, 6) is 0.327. The Morgan fingerprint density at radius 3 is 2.67 bits per heavy atom. The summed E-state index contributed by atoms with van der Waals surface area (Å²) < 4.78 is 39.6. The minimum absolute atomic E-state index is 0.00537. The molecule has 0 aliphatic carbocycles. The number of anilines is 3. The highest BCUT2D eigenvalue weighted by atomic mass is 35.5. The van der Waals surface area contributed by atoms with Crippen molar-refractivity contribution in [1.29, 1.82) is 0 Å². The van der Waals surface area contributed by atoms with E-state index >= 15 is 0 Å². The van der Waals surface area contributed by atoms with Crippen LogP contribution in [0.15, 0.2) is 48.7 Å². The summed E-state index contributed by atoms with van der Waals surface area (Å²) in [5.41, 5.74) is 1.08. The van der Waals surface area contributed by atoms with Crippen LogP contribution in [-0.4, -0.2) is 15.2 Å². The molecule has 0 spiro atoms. The zero-order valence-electron chi connectivity index (χ0n) is 14.2. The number of benzene rings is 2. The molecule has 0 fully saturated rings. The van der Waals surface area contributed by atoms with E-state index in [2.05, 4.69) is 25.8 Å². The molecule has 1 aromatic heterocycles. The summed E-state index contributed by atoms with van der Waals surface area (Å²) in [6.45, 7) is 2.44. The van der Waals surface area contributed by atoms with E-state index < -0.39 is 11.7 Å². The van der Waals surface area contributed by atoms with Gasteiger partial charge >= 0.3 is 6.18 Å². The first-order valence-electron chi connectivity index (χ1n) is 7.94. The van der Waals surface area contributed by atoms with Crippen LogP contribution < -0.4 is 10.6 Å². The van der Waals surface area contributed by atoms with Gasteiger partial charge in [-0.25, -0.2) is 0 Å². The molecule has 0 bridgehead atoms. The quantitative estimate of drug-likeness (QED) is 0.623. The average Bonchev–Trinajstić information content (AvgIpc) is 2.61. The Balaban J connectivity index is 1.77. The first kappa shape index (κ1) is 18.9. The molecule has 27 heavy (non-hydrogen) atoms. The topological polar surface area (TPSA) is 62.7 Å². The van der Waals surface area contributed by atoms with E-state index in [1.165, 1.54) is 18.3 Å². The zero-order chi connectivity index (χ0) is 19.4. The van der Waals surface area contributed by atoms with Crippen molar-refractivity contribution in [3.8, 4) is 0 Å². The Morgan fingerprint density at radius 1 is 1.11 bits per heavy atom. The fraction of sp³-hybridized carbons (Fsp3) is 0.167. The van der Waals surface area contributed by atoms with Gasteiger partial charge in [-0.1, -0.05) is 41.4 Å². The molecule has 0 unspecified atom stereocenters. The largest absolute Gasteiger partial charge is 0.418 e. The van der Waals surface area contributed by atoms with Gasteiger partial charge in [0.05, 0.1) is 17.4 Å².